The molecule has 1 saturated carbocycles. The molecule has 1 fully saturated rings. The summed E-state index contributed by atoms with van der Waals surface area (Å²) in [4.78, 5) is 24.4. The Bertz CT molecular complexity index is 940. The molecule has 28 heavy (non-hydrogen) atoms. The fourth-order valence-corrected chi connectivity index (χ4v) is 4.27. The Labute approximate surface area is 165 Å². The molecule has 1 aliphatic rings. The van der Waals surface area contributed by atoms with Crippen molar-refractivity contribution < 1.29 is 18.0 Å². The Balaban J connectivity index is 1.44. The van der Waals surface area contributed by atoms with Crippen molar-refractivity contribution in [3.05, 3.63) is 60.2 Å². The van der Waals surface area contributed by atoms with Crippen LogP contribution in [0.15, 0.2) is 59.5 Å². The Kier molecular flexibility index (Phi) is 6.14. The molecule has 0 saturated heterocycles. The van der Waals surface area contributed by atoms with E-state index in [9.17, 15) is 18.0 Å². The van der Waals surface area contributed by atoms with Crippen molar-refractivity contribution in [3.8, 4) is 0 Å². The van der Waals surface area contributed by atoms with Crippen molar-refractivity contribution in [1.82, 2.24) is 5.32 Å². The van der Waals surface area contributed by atoms with Crippen LogP contribution in [0.4, 0.5) is 5.69 Å². The lowest BCUT2D eigenvalue weighted by Crippen LogP contribution is -2.26. The minimum atomic E-state index is -3.34. The highest BCUT2D eigenvalue weighted by Gasteiger charge is 2.39. The number of hydrogen-bond acceptors (Lipinski definition) is 4. The van der Waals surface area contributed by atoms with Crippen LogP contribution in [0.25, 0.3) is 0 Å². The highest BCUT2D eigenvalue weighted by molar-refractivity contribution is 7.91. The largest absolute Gasteiger partial charge is 0.352 e. The first-order valence-corrected chi connectivity index (χ1v) is 11.0. The summed E-state index contributed by atoms with van der Waals surface area (Å²) in [5, 5.41) is 5.57. The van der Waals surface area contributed by atoms with Gasteiger partial charge in [-0.3, -0.25) is 9.59 Å². The van der Waals surface area contributed by atoms with Crippen LogP contribution in [0.1, 0.15) is 30.1 Å². The Morgan fingerprint density at radius 3 is 2.29 bits per heavy atom. The van der Waals surface area contributed by atoms with Gasteiger partial charge in [0, 0.05) is 23.7 Å². The lowest BCUT2D eigenvalue weighted by atomic mass is 10.2. The SMILES string of the molecule is CC1CC1C(=O)Nc1ccc(C(=O)NCCCS(=O)(=O)c2ccccc2)cc1. The monoisotopic (exact) mass is 400 g/mol. The molecule has 6 nitrogen and oxygen atoms in total. The topological polar surface area (TPSA) is 92.3 Å². The summed E-state index contributed by atoms with van der Waals surface area (Å²) in [5.74, 6) is 0.253. The highest BCUT2D eigenvalue weighted by Crippen LogP contribution is 2.38. The summed E-state index contributed by atoms with van der Waals surface area (Å²) in [7, 11) is -3.34. The van der Waals surface area contributed by atoms with Gasteiger partial charge in [-0.1, -0.05) is 25.1 Å². The van der Waals surface area contributed by atoms with Crippen molar-refractivity contribution in [2.75, 3.05) is 17.6 Å². The first-order chi connectivity index (χ1) is 13.4. The number of sulfone groups is 1. The number of carbonyl (C=O) groups excluding carboxylic acids is 2. The minimum absolute atomic E-state index is 0.0179. The summed E-state index contributed by atoms with van der Waals surface area (Å²) in [6, 6.07) is 14.9. The van der Waals surface area contributed by atoms with Crippen LogP contribution in [0.5, 0.6) is 0 Å². The van der Waals surface area contributed by atoms with E-state index in [1.54, 1.807) is 54.6 Å². The van der Waals surface area contributed by atoms with Gasteiger partial charge in [0.1, 0.15) is 0 Å². The minimum Gasteiger partial charge on any atom is -0.352 e. The molecule has 2 unspecified atom stereocenters. The summed E-state index contributed by atoms with van der Waals surface area (Å²) in [6.45, 7) is 2.31. The zero-order chi connectivity index (χ0) is 20.1. The number of anilines is 1. The number of carbonyl (C=O) groups is 2. The zero-order valence-electron chi connectivity index (χ0n) is 15.7. The van der Waals surface area contributed by atoms with Crippen LogP contribution >= 0.6 is 0 Å². The van der Waals surface area contributed by atoms with Gasteiger partial charge in [-0.15, -0.1) is 0 Å². The van der Waals surface area contributed by atoms with Gasteiger partial charge in [0.15, 0.2) is 9.84 Å². The summed E-state index contributed by atoms with van der Waals surface area (Å²) in [5.41, 5.74) is 1.12. The van der Waals surface area contributed by atoms with Gasteiger partial charge in [-0.2, -0.15) is 0 Å². The number of benzene rings is 2. The standard InChI is InChI=1S/C21H24N2O4S/c1-15-14-19(15)21(25)23-17-10-8-16(9-11-17)20(24)22-12-5-13-28(26,27)18-6-3-2-4-7-18/h2-4,6-11,15,19H,5,12-14H2,1H3,(H,22,24)(H,23,25). The summed E-state index contributed by atoms with van der Waals surface area (Å²) in [6.07, 6.45) is 1.25. The smallest absolute Gasteiger partial charge is 0.251 e. The molecular weight excluding hydrogens is 376 g/mol. The maximum absolute atomic E-state index is 12.2. The molecule has 0 radical (unpaired) electrons. The molecule has 3 rings (SSSR count). The Hall–Kier alpha value is -2.67. The molecule has 2 N–H and O–H groups in total. The van der Waals surface area contributed by atoms with E-state index < -0.39 is 9.84 Å². The van der Waals surface area contributed by atoms with Crippen LogP contribution in [0.2, 0.25) is 0 Å². The Morgan fingerprint density at radius 1 is 1.04 bits per heavy atom. The molecule has 0 aliphatic heterocycles. The van der Waals surface area contributed by atoms with Gasteiger partial charge in [0.2, 0.25) is 5.91 Å². The van der Waals surface area contributed by atoms with Crippen LogP contribution in [-0.4, -0.2) is 32.5 Å². The molecular formula is C21H24N2O4S. The van der Waals surface area contributed by atoms with E-state index >= 15 is 0 Å². The molecule has 2 atom stereocenters. The fraction of sp³-hybridized carbons (Fsp3) is 0.333. The average Bonchev–Trinajstić information content (AvgIpc) is 3.43. The quantitative estimate of drug-likeness (QED) is 0.667. The third-order valence-electron chi connectivity index (χ3n) is 4.84. The highest BCUT2D eigenvalue weighted by atomic mass is 32.2. The van der Waals surface area contributed by atoms with Crippen molar-refractivity contribution in [2.24, 2.45) is 11.8 Å². The van der Waals surface area contributed by atoms with Gasteiger partial charge in [-0.05, 0) is 55.2 Å². The maximum atomic E-state index is 12.2. The second-order valence-corrected chi connectivity index (χ2v) is 9.24. The van der Waals surface area contributed by atoms with E-state index in [4.69, 9.17) is 0 Å². The summed E-state index contributed by atoms with van der Waals surface area (Å²) < 4.78 is 24.4. The second kappa shape index (κ2) is 8.56. The van der Waals surface area contributed by atoms with Crippen LogP contribution < -0.4 is 10.6 Å². The van der Waals surface area contributed by atoms with Gasteiger partial charge in [0.05, 0.1) is 10.6 Å². The molecule has 0 bridgehead atoms. The van der Waals surface area contributed by atoms with Crippen molar-refractivity contribution in [2.45, 2.75) is 24.7 Å². The third kappa shape index (κ3) is 5.19. The van der Waals surface area contributed by atoms with Crippen molar-refractivity contribution >= 4 is 27.3 Å². The summed E-state index contributed by atoms with van der Waals surface area (Å²) >= 11 is 0. The number of rotatable bonds is 8. The number of hydrogen-bond donors (Lipinski definition) is 2. The van der Waals surface area contributed by atoms with E-state index in [0.29, 0.717) is 28.5 Å². The number of amides is 2. The number of nitrogens with one attached hydrogen (secondary N) is 2. The molecule has 148 valence electrons. The van der Waals surface area contributed by atoms with Gasteiger partial charge in [-0.25, -0.2) is 8.42 Å². The average molecular weight is 401 g/mol. The van der Waals surface area contributed by atoms with E-state index in [0.717, 1.165) is 6.42 Å². The maximum Gasteiger partial charge on any atom is 0.251 e. The van der Waals surface area contributed by atoms with E-state index in [-0.39, 0.29) is 30.0 Å². The third-order valence-corrected chi connectivity index (χ3v) is 6.66. The van der Waals surface area contributed by atoms with Gasteiger partial charge >= 0.3 is 0 Å². The van der Waals surface area contributed by atoms with Crippen LogP contribution in [0, 0.1) is 11.8 Å². The predicted octanol–water partition coefficient (Wildman–Crippen LogP) is 2.87. The predicted molar refractivity (Wildman–Crippen MR) is 108 cm³/mol. The van der Waals surface area contributed by atoms with Gasteiger partial charge in [0.25, 0.3) is 5.91 Å². The van der Waals surface area contributed by atoms with E-state index in [2.05, 4.69) is 10.6 Å². The van der Waals surface area contributed by atoms with Crippen molar-refractivity contribution in [1.29, 1.82) is 0 Å². The van der Waals surface area contributed by atoms with Crippen LogP contribution in [-0.2, 0) is 14.6 Å². The van der Waals surface area contributed by atoms with Gasteiger partial charge < -0.3 is 10.6 Å². The fourth-order valence-electron chi connectivity index (χ4n) is 2.94. The molecule has 0 heterocycles. The lowest BCUT2D eigenvalue weighted by molar-refractivity contribution is -0.117. The second-order valence-electron chi connectivity index (χ2n) is 7.13. The van der Waals surface area contributed by atoms with Crippen molar-refractivity contribution in [3.63, 3.8) is 0 Å². The first kappa shape index (κ1) is 20.1. The Morgan fingerprint density at radius 2 is 1.68 bits per heavy atom. The lowest BCUT2D eigenvalue weighted by Gasteiger charge is -2.08. The molecule has 1 aliphatic carbocycles. The molecule has 2 amide bonds. The molecule has 2 aromatic rings. The zero-order valence-corrected chi connectivity index (χ0v) is 16.5. The van der Waals surface area contributed by atoms with E-state index in [1.807, 2.05) is 6.92 Å². The molecule has 0 spiro atoms. The molecule has 0 aromatic heterocycles. The molecule has 7 heteroatoms. The van der Waals surface area contributed by atoms with Crippen LogP contribution in [0.3, 0.4) is 0 Å². The normalized spacial score (nSPS) is 18.3. The first-order valence-electron chi connectivity index (χ1n) is 9.34. The molecule has 2 aromatic carbocycles. The van der Waals surface area contributed by atoms with E-state index in [1.165, 1.54) is 0 Å².